The second-order valence-corrected chi connectivity index (χ2v) is 8.11. The highest BCUT2D eigenvalue weighted by atomic mass is 16.4. The molecule has 1 amide bonds. The summed E-state index contributed by atoms with van der Waals surface area (Å²) in [6.07, 6.45) is 1.44. The SMILES string of the molecule is Cc1oc2c(C)c3oc(=O)c(CCC(=O)N4CCC[C@@H]4C(=O)O)c(C)c3cc2c1C. The number of amides is 1. The van der Waals surface area contributed by atoms with Gasteiger partial charge < -0.3 is 18.8 Å². The van der Waals surface area contributed by atoms with E-state index in [4.69, 9.17) is 8.83 Å². The molecule has 2 aromatic heterocycles. The third-order valence-electron chi connectivity index (χ3n) is 6.39. The quantitative estimate of drug-likeness (QED) is 0.656. The maximum Gasteiger partial charge on any atom is 0.339 e. The van der Waals surface area contributed by atoms with Crippen molar-refractivity contribution in [1.82, 2.24) is 4.90 Å². The summed E-state index contributed by atoms with van der Waals surface area (Å²) in [5, 5.41) is 11.1. The van der Waals surface area contributed by atoms with Gasteiger partial charge in [0.25, 0.3) is 0 Å². The van der Waals surface area contributed by atoms with Crippen LogP contribution in [0.4, 0.5) is 0 Å². The predicted molar refractivity (Wildman–Crippen MR) is 112 cm³/mol. The van der Waals surface area contributed by atoms with Gasteiger partial charge in [-0.1, -0.05) is 0 Å². The first-order chi connectivity index (χ1) is 14.2. The smallest absolute Gasteiger partial charge is 0.339 e. The molecule has 1 saturated heterocycles. The van der Waals surface area contributed by atoms with Crippen LogP contribution >= 0.6 is 0 Å². The number of aryl methyl sites for hydroxylation is 4. The minimum absolute atomic E-state index is 0.0754. The van der Waals surface area contributed by atoms with E-state index in [1.54, 1.807) is 0 Å². The molecular formula is C23H25NO6. The van der Waals surface area contributed by atoms with Crippen molar-refractivity contribution in [2.24, 2.45) is 0 Å². The van der Waals surface area contributed by atoms with Gasteiger partial charge in [0.15, 0.2) is 0 Å². The number of aliphatic carboxylic acids is 1. The zero-order valence-corrected chi connectivity index (χ0v) is 17.6. The van der Waals surface area contributed by atoms with Crippen molar-refractivity contribution in [2.45, 2.75) is 59.4 Å². The summed E-state index contributed by atoms with van der Waals surface area (Å²) in [5.41, 5.74) is 3.82. The molecule has 3 aromatic rings. The number of likely N-dealkylation sites (tertiary alicyclic amines) is 1. The summed E-state index contributed by atoms with van der Waals surface area (Å²) in [7, 11) is 0. The molecule has 1 aromatic carbocycles. The van der Waals surface area contributed by atoms with Crippen molar-refractivity contribution in [3.8, 4) is 0 Å². The lowest BCUT2D eigenvalue weighted by Crippen LogP contribution is -2.40. The van der Waals surface area contributed by atoms with Crippen molar-refractivity contribution >= 4 is 33.8 Å². The lowest BCUT2D eigenvalue weighted by atomic mass is 9.98. The monoisotopic (exact) mass is 411 g/mol. The summed E-state index contributed by atoms with van der Waals surface area (Å²) < 4.78 is 11.5. The molecule has 7 nitrogen and oxygen atoms in total. The van der Waals surface area contributed by atoms with Crippen LogP contribution in [0, 0.1) is 27.7 Å². The Morgan fingerprint density at radius 3 is 2.43 bits per heavy atom. The van der Waals surface area contributed by atoms with Gasteiger partial charge in [-0.3, -0.25) is 4.79 Å². The van der Waals surface area contributed by atoms with E-state index in [0.717, 1.165) is 38.8 Å². The number of carboxylic acids is 1. The molecule has 1 atom stereocenters. The molecule has 30 heavy (non-hydrogen) atoms. The van der Waals surface area contributed by atoms with Gasteiger partial charge in [0.2, 0.25) is 5.91 Å². The van der Waals surface area contributed by atoms with Crippen LogP contribution in [0.5, 0.6) is 0 Å². The van der Waals surface area contributed by atoms with Gasteiger partial charge in [-0.25, -0.2) is 9.59 Å². The Hall–Kier alpha value is -3.09. The number of hydrogen-bond donors (Lipinski definition) is 1. The van der Waals surface area contributed by atoms with E-state index in [1.807, 2.05) is 33.8 Å². The molecule has 0 radical (unpaired) electrons. The second kappa shape index (κ2) is 7.31. The van der Waals surface area contributed by atoms with Crippen LogP contribution in [0.2, 0.25) is 0 Å². The molecular weight excluding hydrogens is 386 g/mol. The summed E-state index contributed by atoms with van der Waals surface area (Å²) in [4.78, 5) is 38.1. The van der Waals surface area contributed by atoms with Crippen LogP contribution in [0.1, 0.15) is 47.3 Å². The Kier molecular flexibility index (Phi) is 4.92. The zero-order chi connectivity index (χ0) is 21.7. The van der Waals surface area contributed by atoms with Gasteiger partial charge in [-0.05, 0) is 64.2 Å². The van der Waals surface area contributed by atoms with Gasteiger partial charge in [0.05, 0.1) is 0 Å². The average Bonchev–Trinajstić information content (AvgIpc) is 3.29. The molecule has 1 fully saturated rings. The Morgan fingerprint density at radius 1 is 1.07 bits per heavy atom. The minimum Gasteiger partial charge on any atom is -0.480 e. The van der Waals surface area contributed by atoms with E-state index >= 15 is 0 Å². The van der Waals surface area contributed by atoms with Crippen LogP contribution < -0.4 is 5.63 Å². The first-order valence-electron chi connectivity index (χ1n) is 10.2. The molecule has 158 valence electrons. The highest BCUT2D eigenvalue weighted by Crippen LogP contribution is 2.34. The first kappa shape index (κ1) is 20.2. The van der Waals surface area contributed by atoms with E-state index < -0.39 is 17.6 Å². The highest BCUT2D eigenvalue weighted by molar-refractivity contribution is 6.00. The zero-order valence-electron chi connectivity index (χ0n) is 17.6. The van der Waals surface area contributed by atoms with Crippen molar-refractivity contribution in [3.63, 3.8) is 0 Å². The summed E-state index contributed by atoms with van der Waals surface area (Å²) in [6.45, 7) is 8.08. The average molecular weight is 411 g/mol. The lowest BCUT2D eigenvalue weighted by molar-refractivity contribution is -0.148. The fourth-order valence-electron chi connectivity index (χ4n) is 4.48. The van der Waals surface area contributed by atoms with Gasteiger partial charge in [0, 0.05) is 34.9 Å². The summed E-state index contributed by atoms with van der Waals surface area (Å²) >= 11 is 0. The van der Waals surface area contributed by atoms with Crippen LogP contribution in [-0.2, 0) is 16.0 Å². The van der Waals surface area contributed by atoms with Gasteiger partial charge in [0.1, 0.15) is 23.0 Å². The number of rotatable bonds is 4. The Morgan fingerprint density at radius 2 is 1.73 bits per heavy atom. The van der Waals surface area contributed by atoms with Crippen molar-refractivity contribution < 1.29 is 23.5 Å². The van der Waals surface area contributed by atoms with E-state index in [-0.39, 0.29) is 18.7 Å². The molecule has 1 aliphatic heterocycles. The van der Waals surface area contributed by atoms with E-state index in [2.05, 4.69) is 0 Å². The van der Waals surface area contributed by atoms with Crippen molar-refractivity contribution in [1.29, 1.82) is 0 Å². The second-order valence-electron chi connectivity index (χ2n) is 8.11. The molecule has 4 rings (SSSR count). The number of nitrogens with zero attached hydrogens (tertiary/aromatic N) is 1. The maximum atomic E-state index is 12.7. The Balaban J connectivity index is 1.70. The van der Waals surface area contributed by atoms with Crippen LogP contribution in [0.15, 0.2) is 19.7 Å². The third kappa shape index (κ3) is 3.09. The van der Waals surface area contributed by atoms with Crippen LogP contribution in [0.25, 0.3) is 21.9 Å². The van der Waals surface area contributed by atoms with E-state index in [1.165, 1.54) is 4.90 Å². The predicted octanol–water partition coefficient (Wildman–Crippen LogP) is 3.78. The number of benzene rings is 1. The molecule has 7 heteroatoms. The Bertz CT molecular complexity index is 1250. The molecule has 3 heterocycles. The van der Waals surface area contributed by atoms with Crippen molar-refractivity contribution in [2.75, 3.05) is 6.54 Å². The summed E-state index contributed by atoms with van der Waals surface area (Å²) in [5.74, 6) is -0.396. The normalized spacial score (nSPS) is 16.7. The number of carbonyl (C=O) groups excluding carboxylic acids is 1. The molecule has 0 bridgehead atoms. The van der Waals surface area contributed by atoms with Gasteiger partial charge in [-0.2, -0.15) is 0 Å². The van der Waals surface area contributed by atoms with E-state index in [0.29, 0.717) is 30.5 Å². The fourth-order valence-corrected chi connectivity index (χ4v) is 4.48. The fraction of sp³-hybridized carbons (Fsp3) is 0.435. The molecule has 1 aliphatic rings. The third-order valence-corrected chi connectivity index (χ3v) is 6.39. The van der Waals surface area contributed by atoms with Gasteiger partial charge in [-0.15, -0.1) is 0 Å². The Labute approximate surface area is 173 Å². The number of fused-ring (bicyclic) bond motifs is 2. The minimum atomic E-state index is -0.979. The lowest BCUT2D eigenvalue weighted by Gasteiger charge is -2.21. The standard InChI is InChI=1S/C23H25NO6/c1-11-14(4)29-20-13(3)21-17(10-16(11)20)12(2)15(23(28)30-21)7-8-19(25)24-9-5-6-18(24)22(26)27/h10,18H,5-9H2,1-4H3,(H,26,27)/t18-/m1/s1. The number of carboxylic acid groups (broad SMARTS) is 1. The van der Waals surface area contributed by atoms with E-state index in [9.17, 15) is 19.5 Å². The largest absolute Gasteiger partial charge is 0.480 e. The first-order valence-corrected chi connectivity index (χ1v) is 10.2. The van der Waals surface area contributed by atoms with Crippen LogP contribution in [-0.4, -0.2) is 34.5 Å². The molecule has 0 spiro atoms. The highest BCUT2D eigenvalue weighted by Gasteiger charge is 2.33. The molecule has 1 N–H and O–H groups in total. The number of hydrogen-bond acceptors (Lipinski definition) is 5. The van der Waals surface area contributed by atoms with Crippen LogP contribution in [0.3, 0.4) is 0 Å². The molecule has 0 aliphatic carbocycles. The summed E-state index contributed by atoms with van der Waals surface area (Å²) in [6, 6.07) is 1.21. The molecule has 0 saturated carbocycles. The number of furan rings is 1. The number of carbonyl (C=O) groups is 2. The van der Waals surface area contributed by atoms with Gasteiger partial charge >= 0.3 is 11.6 Å². The van der Waals surface area contributed by atoms with Crippen molar-refractivity contribution in [3.05, 3.63) is 44.5 Å². The molecule has 0 unspecified atom stereocenters. The topological polar surface area (TPSA) is 101 Å². The maximum absolute atomic E-state index is 12.7.